The van der Waals surface area contributed by atoms with Gasteiger partial charge in [-0.2, -0.15) is 5.21 Å². The van der Waals surface area contributed by atoms with Crippen molar-refractivity contribution in [3.05, 3.63) is 88.3 Å². The average Bonchev–Trinajstić information content (AvgIpc) is 3.74. The summed E-state index contributed by atoms with van der Waals surface area (Å²) in [6.07, 6.45) is 6.45. The molecule has 0 aliphatic heterocycles. The van der Waals surface area contributed by atoms with E-state index in [1.54, 1.807) is 12.4 Å². The maximum absolute atomic E-state index is 12.6. The van der Waals surface area contributed by atoms with Gasteiger partial charge < -0.3 is 14.5 Å². The standard InChI is InChI=1S/C28H27N7O3S/c1-2-3-10-25-30-16-24(28(18-36,27(37)38)14-20-7-6-13-39-20)35(25)17-19-11-12-23(29-15-19)21-8-4-5-9-22(21)26-31-33-34-32-26/h4-9,11-13,15-16,18H,2-3,10,14,17H2,1H3,(H,37,38)(H,31,32,33,34). The van der Waals surface area contributed by atoms with Crippen LogP contribution in [0.15, 0.2) is 66.3 Å². The molecule has 0 amide bonds. The zero-order valence-corrected chi connectivity index (χ0v) is 22.1. The van der Waals surface area contributed by atoms with Crippen LogP contribution in [-0.4, -0.2) is 52.5 Å². The normalized spacial score (nSPS) is 12.7. The van der Waals surface area contributed by atoms with Crippen molar-refractivity contribution in [1.82, 2.24) is 35.2 Å². The van der Waals surface area contributed by atoms with Crippen LogP contribution < -0.4 is 0 Å². The lowest BCUT2D eigenvalue weighted by Gasteiger charge is -2.25. The van der Waals surface area contributed by atoms with E-state index in [1.807, 2.05) is 58.5 Å². The number of tetrazole rings is 1. The highest BCUT2D eigenvalue weighted by atomic mass is 32.1. The summed E-state index contributed by atoms with van der Waals surface area (Å²) in [5, 5.41) is 26.5. The number of aldehydes is 1. The number of thiophene rings is 1. The number of hydrogen-bond donors (Lipinski definition) is 2. The van der Waals surface area contributed by atoms with Crippen LogP contribution in [-0.2, 0) is 34.4 Å². The Kier molecular flexibility index (Phi) is 7.69. The molecule has 39 heavy (non-hydrogen) atoms. The number of imidazole rings is 1. The first-order valence-corrected chi connectivity index (χ1v) is 13.5. The number of carbonyl (C=O) groups excluding carboxylic acids is 1. The van der Waals surface area contributed by atoms with Crippen molar-refractivity contribution in [3.8, 4) is 22.6 Å². The van der Waals surface area contributed by atoms with Crippen LogP contribution in [0.5, 0.6) is 0 Å². The first kappa shape index (κ1) is 26.1. The summed E-state index contributed by atoms with van der Waals surface area (Å²) in [4.78, 5) is 35.2. The smallest absolute Gasteiger partial charge is 0.323 e. The number of nitrogens with one attached hydrogen (secondary N) is 1. The van der Waals surface area contributed by atoms with Gasteiger partial charge in [-0.1, -0.05) is 49.7 Å². The van der Waals surface area contributed by atoms with Crippen LogP contribution in [0, 0.1) is 0 Å². The molecule has 0 spiro atoms. The molecule has 11 heteroatoms. The van der Waals surface area contributed by atoms with Crippen molar-refractivity contribution in [1.29, 1.82) is 0 Å². The highest BCUT2D eigenvalue weighted by Crippen LogP contribution is 2.32. The number of rotatable bonds is 12. The van der Waals surface area contributed by atoms with E-state index in [2.05, 4.69) is 32.5 Å². The van der Waals surface area contributed by atoms with Gasteiger partial charge in [0.2, 0.25) is 5.82 Å². The molecule has 0 aliphatic rings. The van der Waals surface area contributed by atoms with Crippen LogP contribution in [0.3, 0.4) is 0 Å². The molecular weight excluding hydrogens is 514 g/mol. The minimum absolute atomic E-state index is 0.0620. The number of aryl methyl sites for hydroxylation is 1. The number of hydrogen-bond acceptors (Lipinski definition) is 8. The fourth-order valence-electron chi connectivity index (χ4n) is 4.63. The summed E-state index contributed by atoms with van der Waals surface area (Å²) in [6, 6.07) is 15.2. The number of unbranched alkanes of at least 4 members (excludes halogenated alkanes) is 1. The molecule has 0 bridgehead atoms. The minimum atomic E-state index is -1.75. The van der Waals surface area contributed by atoms with E-state index >= 15 is 0 Å². The quantitative estimate of drug-likeness (QED) is 0.176. The van der Waals surface area contributed by atoms with Gasteiger partial charge in [0, 0.05) is 35.0 Å². The van der Waals surface area contributed by atoms with Crippen LogP contribution in [0.1, 0.15) is 41.7 Å². The van der Waals surface area contributed by atoms with Gasteiger partial charge in [0.25, 0.3) is 0 Å². The van der Waals surface area contributed by atoms with Crippen LogP contribution in [0.4, 0.5) is 0 Å². The number of benzene rings is 1. The number of nitrogens with zero attached hydrogens (tertiary/aromatic N) is 6. The topological polar surface area (TPSA) is 140 Å². The monoisotopic (exact) mass is 541 g/mol. The Morgan fingerprint density at radius 2 is 1.95 bits per heavy atom. The Morgan fingerprint density at radius 3 is 2.59 bits per heavy atom. The van der Waals surface area contributed by atoms with Gasteiger partial charge in [-0.3, -0.25) is 9.78 Å². The van der Waals surface area contributed by atoms with E-state index in [9.17, 15) is 14.7 Å². The molecule has 4 heterocycles. The first-order chi connectivity index (χ1) is 19.1. The van der Waals surface area contributed by atoms with Crippen molar-refractivity contribution in [2.75, 3.05) is 0 Å². The molecule has 1 atom stereocenters. The van der Waals surface area contributed by atoms with E-state index in [4.69, 9.17) is 4.98 Å². The second-order valence-corrected chi connectivity index (χ2v) is 10.3. The summed E-state index contributed by atoms with van der Waals surface area (Å²) >= 11 is 1.43. The molecule has 0 saturated heterocycles. The van der Waals surface area contributed by atoms with Crippen molar-refractivity contribution < 1.29 is 14.7 Å². The van der Waals surface area contributed by atoms with E-state index in [0.29, 0.717) is 30.8 Å². The predicted molar refractivity (Wildman–Crippen MR) is 146 cm³/mol. The summed E-state index contributed by atoms with van der Waals surface area (Å²) in [5.41, 5.74) is 1.88. The number of carbonyl (C=O) groups is 2. The Bertz CT molecular complexity index is 1550. The van der Waals surface area contributed by atoms with Gasteiger partial charge in [0.05, 0.1) is 24.1 Å². The highest BCUT2D eigenvalue weighted by Gasteiger charge is 2.44. The van der Waals surface area contributed by atoms with Gasteiger partial charge in [-0.15, -0.1) is 21.5 Å². The molecule has 10 nitrogen and oxygen atoms in total. The number of aromatic nitrogens is 7. The lowest BCUT2D eigenvalue weighted by Crippen LogP contribution is -2.41. The van der Waals surface area contributed by atoms with E-state index in [-0.39, 0.29) is 6.42 Å². The zero-order chi connectivity index (χ0) is 27.2. The Morgan fingerprint density at radius 1 is 1.10 bits per heavy atom. The number of H-pyrrole nitrogens is 1. The number of aromatic amines is 1. The molecule has 2 N–H and O–H groups in total. The fraction of sp³-hybridized carbons (Fsp3) is 0.250. The highest BCUT2D eigenvalue weighted by molar-refractivity contribution is 7.09. The molecule has 4 aromatic heterocycles. The summed E-state index contributed by atoms with van der Waals surface area (Å²) in [7, 11) is 0. The molecule has 198 valence electrons. The van der Waals surface area contributed by atoms with Crippen molar-refractivity contribution in [3.63, 3.8) is 0 Å². The van der Waals surface area contributed by atoms with Gasteiger partial charge in [0.15, 0.2) is 5.41 Å². The molecule has 0 radical (unpaired) electrons. The third kappa shape index (κ3) is 5.26. The number of carboxylic acid groups (broad SMARTS) is 1. The van der Waals surface area contributed by atoms with Gasteiger partial charge >= 0.3 is 5.97 Å². The fourth-order valence-corrected chi connectivity index (χ4v) is 5.43. The lowest BCUT2D eigenvalue weighted by molar-refractivity contribution is -0.146. The second kappa shape index (κ2) is 11.5. The van der Waals surface area contributed by atoms with E-state index in [1.165, 1.54) is 11.3 Å². The Hall–Kier alpha value is -4.51. The summed E-state index contributed by atoms with van der Waals surface area (Å²) < 4.78 is 1.87. The van der Waals surface area contributed by atoms with Gasteiger partial charge in [-0.25, -0.2) is 4.98 Å². The molecule has 0 aliphatic carbocycles. The second-order valence-electron chi connectivity index (χ2n) is 9.23. The third-order valence-corrected chi connectivity index (χ3v) is 7.60. The molecule has 0 fully saturated rings. The minimum Gasteiger partial charge on any atom is -0.480 e. The van der Waals surface area contributed by atoms with Gasteiger partial charge in [-0.05, 0) is 34.7 Å². The van der Waals surface area contributed by atoms with Crippen LogP contribution >= 0.6 is 11.3 Å². The molecule has 5 aromatic rings. The first-order valence-electron chi connectivity index (χ1n) is 12.6. The van der Waals surface area contributed by atoms with Gasteiger partial charge in [0.1, 0.15) is 12.1 Å². The largest absolute Gasteiger partial charge is 0.480 e. The number of pyridine rings is 1. The molecule has 1 unspecified atom stereocenters. The van der Waals surface area contributed by atoms with E-state index in [0.717, 1.165) is 45.9 Å². The maximum Gasteiger partial charge on any atom is 0.323 e. The number of carboxylic acids is 1. The lowest BCUT2D eigenvalue weighted by atomic mass is 9.82. The average molecular weight is 542 g/mol. The van der Waals surface area contributed by atoms with Crippen LogP contribution in [0.2, 0.25) is 0 Å². The summed E-state index contributed by atoms with van der Waals surface area (Å²) in [6.45, 7) is 2.43. The molecule has 5 rings (SSSR count). The molecule has 0 saturated carbocycles. The van der Waals surface area contributed by atoms with Crippen molar-refractivity contribution >= 4 is 23.6 Å². The summed E-state index contributed by atoms with van der Waals surface area (Å²) in [5.74, 6) is 0.0300. The maximum atomic E-state index is 12.6. The molecular formula is C28H27N7O3S. The van der Waals surface area contributed by atoms with E-state index < -0.39 is 11.4 Å². The SMILES string of the molecule is CCCCc1ncc(C(C=O)(Cc2cccs2)C(=O)O)n1Cc1ccc(-c2ccccc2-c2nn[nH]n2)nc1. The predicted octanol–water partition coefficient (Wildman–Crippen LogP) is 4.34. The van der Waals surface area contributed by atoms with Crippen molar-refractivity contribution in [2.45, 2.75) is 44.6 Å². The number of aliphatic carboxylic acids is 1. The Balaban J connectivity index is 1.51. The van der Waals surface area contributed by atoms with Crippen LogP contribution in [0.25, 0.3) is 22.6 Å². The van der Waals surface area contributed by atoms with Crippen molar-refractivity contribution in [2.24, 2.45) is 0 Å². The molecule has 1 aromatic carbocycles. The zero-order valence-electron chi connectivity index (χ0n) is 21.3. The Labute approximate surface area is 228 Å². The third-order valence-electron chi connectivity index (χ3n) is 6.72.